The minimum Gasteiger partial charge on any atom is -0.387 e. The number of amides is 2. The van der Waals surface area contributed by atoms with Gasteiger partial charge in [0.05, 0.1) is 5.60 Å². The smallest absolute Gasteiger partial charge is 0.229 e. The molecular weight excluding hydrogens is 220 g/mol. The largest absolute Gasteiger partial charge is 0.387 e. The molecule has 2 rings (SSSR count). The quantitative estimate of drug-likeness (QED) is 0.694. The third-order valence-electron chi connectivity index (χ3n) is 3.86. The Kier molecular flexibility index (Phi) is 3.23. The van der Waals surface area contributed by atoms with Gasteiger partial charge in [-0.2, -0.15) is 0 Å². The van der Waals surface area contributed by atoms with E-state index in [4.69, 9.17) is 0 Å². The predicted molar refractivity (Wildman–Crippen MR) is 62.2 cm³/mol. The van der Waals surface area contributed by atoms with E-state index in [1.54, 1.807) is 0 Å². The molecule has 0 aromatic rings. The van der Waals surface area contributed by atoms with Crippen molar-refractivity contribution in [1.29, 1.82) is 0 Å². The molecule has 0 spiro atoms. The lowest BCUT2D eigenvalue weighted by Crippen LogP contribution is -2.65. The molecule has 0 bridgehead atoms. The van der Waals surface area contributed by atoms with Crippen LogP contribution in [0.4, 0.5) is 0 Å². The van der Waals surface area contributed by atoms with Gasteiger partial charge in [0.1, 0.15) is 0 Å². The van der Waals surface area contributed by atoms with Crippen molar-refractivity contribution >= 4 is 11.8 Å². The Hall–Kier alpha value is -0.940. The molecule has 1 N–H and O–H groups in total. The van der Waals surface area contributed by atoms with E-state index in [9.17, 15) is 14.7 Å². The normalized spacial score (nSPS) is 24.6. The van der Waals surface area contributed by atoms with E-state index in [-0.39, 0.29) is 17.7 Å². The fourth-order valence-corrected chi connectivity index (χ4v) is 2.37. The lowest BCUT2D eigenvalue weighted by atomic mass is 9.83. The Morgan fingerprint density at radius 2 is 1.71 bits per heavy atom. The second-order valence-electron chi connectivity index (χ2n) is 5.41. The van der Waals surface area contributed by atoms with E-state index in [0.29, 0.717) is 39.0 Å². The van der Waals surface area contributed by atoms with Crippen LogP contribution in [-0.4, -0.2) is 58.5 Å². The van der Waals surface area contributed by atoms with Gasteiger partial charge >= 0.3 is 0 Å². The summed E-state index contributed by atoms with van der Waals surface area (Å²) < 4.78 is 0. The van der Waals surface area contributed by atoms with E-state index in [0.717, 1.165) is 0 Å². The molecule has 0 atom stereocenters. The third-order valence-corrected chi connectivity index (χ3v) is 3.86. The van der Waals surface area contributed by atoms with Crippen LogP contribution in [0, 0.1) is 5.92 Å². The number of aliphatic hydroxyl groups is 1. The average molecular weight is 240 g/mol. The molecule has 0 radical (unpaired) electrons. The van der Waals surface area contributed by atoms with Gasteiger partial charge in [-0.25, -0.2) is 0 Å². The Labute approximate surface area is 101 Å². The summed E-state index contributed by atoms with van der Waals surface area (Å²) in [5.74, 6) is 0.123. The number of imide groups is 1. The van der Waals surface area contributed by atoms with E-state index >= 15 is 0 Å². The monoisotopic (exact) mass is 240 g/mol. The van der Waals surface area contributed by atoms with Crippen molar-refractivity contribution in [3.8, 4) is 0 Å². The van der Waals surface area contributed by atoms with Gasteiger partial charge in [0.15, 0.2) is 0 Å². The maximum absolute atomic E-state index is 11.4. The van der Waals surface area contributed by atoms with Gasteiger partial charge in [-0.3, -0.25) is 19.4 Å². The molecule has 0 aromatic carbocycles. The zero-order valence-corrected chi connectivity index (χ0v) is 10.5. The van der Waals surface area contributed by atoms with E-state index < -0.39 is 5.60 Å². The van der Waals surface area contributed by atoms with Gasteiger partial charge in [-0.15, -0.1) is 0 Å². The molecule has 0 saturated carbocycles. The highest BCUT2D eigenvalue weighted by Crippen LogP contribution is 2.28. The zero-order chi connectivity index (χ0) is 12.6. The molecule has 0 aliphatic carbocycles. The lowest BCUT2D eigenvalue weighted by molar-refractivity contribution is -0.142. The van der Waals surface area contributed by atoms with Gasteiger partial charge in [0, 0.05) is 39.0 Å². The summed E-state index contributed by atoms with van der Waals surface area (Å²) in [5.41, 5.74) is -0.584. The van der Waals surface area contributed by atoms with Gasteiger partial charge < -0.3 is 5.11 Å². The van der Waals surface area contributed by atoms with Crippen molar-refractivity contribution in [3.63, 3.8) is 0 Å². The van der Waals surface area contributed by atoms with Crippen molar-refractivity contribution < 1.29 is 14.7 Å². The molecule has 0 unspecified atom stereocenters. The fraction of sp³-hybridized carbons (Fsp3) is 0.833. The number of carbonyl (C=O) groups excluding carboxylic acids is 2. The van der Waals surface area contributed by atoms with Crippen molar-refractivity contribution in [2.24, 2.45) is 5.92 Å². The molecule has 2 saturated heterocycles. The average Bonchev–Trinajstić information content (AvgIpc) is 2.52. The molecule has 2 aliphatic heterocycles. The Morgan fingerprint density at radius 3 is 2.18 bits per heavy atom. The Morgan fingerprint density at radius 1 is 1.18 bits per heavy atom. The highest BCUT2D eigenvalue weighted by Gasteiger charge is 2.43. The Balaban J connectivity index is 1.75. The van der Waals surface area contributed by atoms with Crippen LogP contribution in [0.5, 0.6) is 0 Å². The van der Waals surface area contributed by atoms with Crippen molar-refractivity contribution in [2.75, 3.05) is 26.2 Å². The molecule has 2 amide bonds. The first kappa shape index (κ1) is 12.5. The molecular formula is C12H20N2O3. The summed E-state index contributed by atoms with van der Waals surface area (Å²) in [5, 5.41) is 10.1. The number of carbonyl (C=O) groups is 2. The first-order chi connectivity index (χ1) is 7.92. The Bertz CT molecular complexity index is 319. The van der Waals surface area contributed by atoms with Crippen molar-refractivity contribution in [2.45, 2.75) is 32.3 Å². The van der Waals surface area contributed by atoms with Gasteiger partial charge in [-0.1, -0.05) is 13.8 Å². The first-order valence-corrected chi connectivity index (χ1v) is 6.20. The van der Waals surface area contributed by atoms with Crippen LogP contribution in [0.2, 0.25) is 0 Å². The fourth-order valence-electron chi connectivity index (χ4n) is 2.37. The summed E-state index contributed by atoms with van der Waals surface area (Å²) in [6, 6.07) is 0. The van der Waals surface area contributed by atoms with Crippen LogP contribution < -0.4 is 0 Å². The molecule has 5 heteroatoms. The second kappa shape index (κ2) is 4.38. The highest BCUT2D eigenvalue weighted by molar-refractivity contribution is 6.01. The van der Waals surface area contributed by atoms with Crippen LogP contribution in [0.25, 0.3) is 0 Å². The second-order valence-corrected chi connectivity index (χ2v) is 5.41. The van der Waals surface area contributed by atoms with Gasteiger partial charge in [0.25, 0.3) is 0 Å². The summed E-state index contributed by atoms with van der Waals surface area (Å²) in [7, 11) is 0. The highest BCUT2D eigenvalue weighted by atomic mass is 16.3. The standard InChI is InChI=1S/C12H20N2O3/c1-9(2)12(17)7-13(8-12)5-6-14-10(15)3-4-11(14)16/h9,17H,3-8H2,1-2H3. The first-order valence-electron chi connectivity index (χ1n) is 6.20. The molecule has 2 aliphatic rings. The molecule has 17 heavy (non-hydrogen) atoms. The molecule has 5 nitrogen and oxygen atoms in total. The van der Waals surface area contributed by atoms with E-state index in [1.165, 1.54) is 4.90 Å². The number of rotatable bonds is 4. The van der Waals surface area contributed by atoms with E-state index in [2.05, 4.69) is 4.90 Å². The minimum atomic E-state index is -0.584. The van der Waals surface area contributed by atoms with Crippen LogP contribution in [0.15, 0.2) is 0 Å². The topological polar surface area (TPSA) is 60.9 Å². The van der Waals surface area contributed by atoms with Crippen LogP contribution in [0.3, 0.4) is 0 Å². The summed E-state index contributed by atoms with van der Waals surface area (Å²) in [6.45, 7) is 6.43. The van der Waals surface area contributed by atoms with Crippen molar-refractivity contribution in [3.05, 3.63) is 0 Å². The molecule has 96 valence electrons. The third kappa shape index (κ3) is 2.35. The number of nitrogens with zero attached hydrogens (tertiary/aromatic N) is 2. The molecule has 0 aromatic heterocycles. The predicted octanol–water partition coefficient (Wildman–Crippen LogP) is -0.162. The summed E-state index contributed by atoms with van der Waals surface area (Å²) in [4.78, 5) is 26.2. The zero-order valence-electron chi connectivity index (χ0n) is 10.5. The maximum atomic E-state index is 11.4. The van der Waals surface area contributed by atoms with Gasteiger partial charge in [0.2, 0.25) is 11.8 Å². The van der Waals surface area contributed by atoms with Crippen molar-refractivity contribution in [1.82, 2.24) is 9.80 Å². The summed E-state index contributed by atoms with van der Waals surface area (Å²) >= 11 is 0. The van der Waals surface area contributed by atoms with E-state index in [1.807, 2.05) is 13.8 Å². The number of likely N-dealkylation sites (tertiary alicyclic amines) is 2. The number of hydrogen-bond donors (Lipinski definition) is 1. The number of hydrogen-bond acceptors (Lipinski definition) is 4. The van der Waals surface area contributed by atoms with Crippen LogP contribution in [0.1, 0.15) is 26.7 Å². The number of β-amino-alcohol motifs (C(OH)–C–C–N with tert-alkyl or cyclic N) is 1. The minimum absolute atomic E-state index is 0.0605. The SMILES string of the molecule is CC(C)C1(O)CN(CCN2C(=O)CCC2=O)C1. The maximum Gasteiger partial charge on any atom is 0.229 e. The molecule has 2 heterocycles. The lowest BCUT2D eigenvalue weighted by Gasteiger charge is -2.49. The molecule has 2 fully saturated rings. The van der Waals surface area contributed by atoms with Crippen LogP contribution in [-0.2, 0) is 9.59 Å². The van der Waals surface area contributed by atoms with Crippen LogP contribution >= 0.6 is 0 Å². The van der Waals surface area contributed by atoms with Gasteiger partial charge in [-0.05, 0) is 5.92 Å². The summed E-state index contributed by atoms with van der Waals surface area (Å²) in [6.07, 6.45) is 0.712.